The Morgan fingerprint density at radius 2 is 1.64 bits per heavy atom. The summed E-state index contributed by atoms with van der Waals surface area (Å²) in [6.45, 7) is 7.86. The number of benzene rings is 1. The fraction of sp³-hybridized carbons (Fsp3) is 0.667. The third kappa shape index (κ3) is 11.0. The maximum absolute atomic E-state index is 6.00. The number of rotatable bonds is 11. The van der Waals surface area contributed by atoms with Crippen LogP contribution >= 0.6 is 0 Å². The first-order valence-corrected chi connectivity index (χ1v) is 10.6. The molecule has 0 radical (unpaired) electrons. The van der Waals surface area contributed by atoms with Crippen molar-refractivity contribution < 1.29 is 18.9 Å². The Balaban J connectivity index is 0.000000480. The van der Waals surface area contributed by atoms with Crippen LogP contribution in [0.4, 0.5) is 0 Å². The van der Waals surface area contributed by atoms with Crippen molar-refractivity contribution >= 4 is 0 Å². The van der Waals surface area contributed by atoms with Gasteiger partial charge in [-0.2, -0.15) is 0 Å². The molecule has 4 nitrogen and oxygen atoms in total. The van der Waals surface area contributed by atoms with Crippen LogP contribution in [0.2, 0.25) is 0 Å². The van der Waals surface area contributed by atoms with E-state index in [4.69, 9.17) is 18.9 Å². The van der Waals surface area contributed by atoms with Crippen molar-refractivity contribution in [2.24, 2.45) is 5.92 Å². The van der Waals surface area contributed by atoms with Gasteiger partial charge < -0.3 is 18.9 Å². The molecule has 1 aromatic carbocycles. The molecule has 160 valence electrons. The van der Waals surface area contributed by atoms with Crippen LogP contribution < -0.4 is 0 Å². The molecule has 0 bridgehead atoms. The van der Waals surface area contributed by atoms with Crippen molar-refractivity contribution in [2.45, 2.75) is 78.5 Å². The monoisotopic (exact) mass is 392 g/mol. The SMILES string of the molecule is CCC(OC)OC.CCCC(OCC1=CCCC(C)C1)OCc1ccccc1. The van der Waals surface area contributed by atoms with Gasteiger partial charge in [0.2, 0.25) is 0 Å². The second-order valence-electron chi connectivity index (χ2n) is 7.38. The third-order valence-electron chi connectivity index (χ3n) is 4.82. The normalized spacial score (nSPS) is 17.6. The van der Waals surface area contributed by atoms with Crippen LogP contribution in [0.25, 0.3) is 0 Å². The predicted molar refractivity (Wildman–Crippen MR) is 115 cm³/mol. The molecule has 0 N–H and O–H groups in total. The van der Waals surface area contributed by atoms with Gasteiger partial charge in [0, 0.05) is 14.2 Å². The molecule has 0 aromatic heterocycles. The lowest BCUT2D eigenvalue weighted by Gasteiger charge is -2.22. The van der Waals surface area contributed by atoms with E-state index in [0.29, 0.717) is 6.61 Å². The number of allylic oxidation sites excluding steroid dienone is 1. The lowest BCUT2D eigenvalue weighted by atomic mass is 9.91. The smallest absolute Gasteiger partial charge is 0.158 e. The number of ether oxygens (including phenoxy) is 4. The van der Waals surface area contributed by atoms with E-state index in [0.717, 1.165) is 31.8 Å². The molecule has 2 unspecified atom stereocenters. The summed E-state index contributed by atoms with van der Waals surface area (Å²) in [4.78, 5) is 0. The quantitative estimate of drug-likeness (QED) is 0.336. The summed E-state index contributed by atoms with van der Waals surface area (Å²) in [6.07, 6.45) is 8.87. The highest BCUT2D eigenvalue weighted by atomic mass is 16.7. The Morgan fingerprint density at radius 3 is 2.18 bits per heavy atom. The van der Waals surface area contributed by atoms with Gasteiger partial charge in [-0.05, 0) is 49.2 Å². The van der Waals surface area contributed by atoms with Crippen LogP contribution in [-0.4, -0.2) is 33.4 Å². The summed E-state index contributed by atoms with van der Waals surface area (Å²) in [6, 6.07) is 10.3. The van der Waals surface area contributed by atoms with E-state index in [2.05, 4.69) is 32.1 Å². The predicted octanol–water partition coefficient (Wildman–Crippen LogP) is 6.11. The molecule has 0 fully saturated rings. The average Bonchev–Trinajstić information content (AvgIpc) is 2.73. The van der Waals surface area contributed by atoms with Crippen LogP contribution in [0, 0.1) is 5.92 Å². The first kappa shape index (κ1) is 24.8. The molecule has 1 aliphatic rings. The van der Waals surface area contributed by atoms with Crippen molar-refractivity contribution in [1.82, 2.24) is 0 Å². The van der Waals surface area contributed by atoms with E-state index < -0.39 is 0 Å². The van der Waals surface area contributed by atoms with Gasteiger partial charge in [0.1, 0.15) is 0 Å². The lowest BCUT2D eigenvalue weighted by molar-refractivity contribution is -0.148. The van der Waals surface area contributed by atoms with E-state index in [1.807, 2.05) is 25.1 Å². The summed E-state index contributed by atoms with van der Waals surface area (Å²) in [5, 5.41) is 0. The van der Waals surface area contributed by atoms with E-state index >= 15 is 0 Å². The van der Waals surface area contributed by atoms with Crippen molar-refractivity contribution in [3.63, 3.8) is 0 Å². The van der Waals surface area contributed by atoms with Gasteiger partial charge in [-0.1, -0.05) is 63.6 Å². The standard InChI is InChI=1S/C19H28O2.C5H12O2/c1-3-8-19(20-14-17-10-5-4-6-11-17)21-15-18-12-7-9-16(2)13-18;1-4-5(6-2)7-3/h4-6,10-12,16,19H,3,7-9,13-15H2,1-2H3;5H,4H2,1-3H3. The van der Waals surface area contributed by atoms with Crippen molar-refractivity contribution in [2.75, 3.05) is 20.8 Å². The van der Waals surface area contributed by atoms with Crippen LogP contribution in [0.1, 0.15) is 64.9 Å². The van der Waals surface area contributed by atoms with Crippen LogP contribution in [-0.2, 0) is 25.6 Å². The molecule has 2 rings (SSSR count). The first-order valence-electron chi connectivity index (χ1n) is 10.6. The Morgan fingerprint density at radius 1 is 0.964 bits per heavy atom. The number of hydrogen-bond acceptors (Lipinski definition) is 4. The average molecular weight is 393 g/mol. The van der Waals surface area contributed by atoms with Crippen LogP contribution in [0.3, 0.4) is 0 Å². The topological polar surface area (TPSA) is 36.9 Å². The fourth-order valence-corrected chi connectivity index (χ4v) is 3.17. The first-order chi connectivity index (χ1) is 13.6. The maximum Gasteiger partial charge on any atom is 0.158 e. The number of hydrogen-bond donors (Lipinski definition) is 0. The van der Waals surface area contributed by atoms with Gasteiger partial charge in [-0.15, -0.1) is 0 Å². The fourth-order valence-electron chi connectivity index (χ4n) is 3.17. The van der Waals surface area contributed by atoms with Gasteiger partial charge in [-0.3, -0.25) is 0 Å². The summed E-state index contributed by atoms with van der Waals surface area (Å²) in [5.74, 6) is 0.795. The molecule has 28 heavy (non-hydrogen) atoms. The highest BCUT2D eigenvalue weighted by molar-refractivity contribution is 5.13. The summed E-state index contributed by atoms with van der Waals surface area (Å²) < 4.78 is 21.6. The molecule has 1 aliphatic carbocycles. The molecule has 0 aliphatic heterocycles. The molecule has 0 saturated carbocycles. The number of methoxy groups -OCH3 is 2. The molecule has 4 heteroatoms. The second kappa shape index (κ2) is 15.7. The second-order valence-corrected chi connectivity index (χ2v) is 7.38. The van der Waals surface area contributed by atoms with Gasteiger partial charge in [0.05, 0.1) is 13.2 Å². The Labute approximate surface area is 172 Å². The Hall–Kier alpha value is -1.20. The minimum absolute atomic E-state index is 0.0139. The van der Waals surface area contributed by atoms with E-state index in [1.165, 1.54) is 30.4 Å². The van der Waals surface area contributed by atoms with Gasteiger partial charge in [0.25, 0.3) is 0 Å². The summed E-state index contributed by atoms with van der Waals surface area (Å²) in [7, 11) is 3.27. The highest BCUT2D eigenvalue weighted by Gasteiger charge is 2.14. The Bertz CT molecular complexity index is 505. The van der Waals surface area contributed by atoms with Crippen LogP contribution in [0.5, 0.6) is 0 Å². The van der Waals surface area contributed by atoms with Gasteiger partial charge >= 0.3 is 0 Å². The molecule has 2 atom stereocenters. The van der Waals surface area contributed by atoms with Crippen molar-refractivity contribution in [3.8, 4) is 0 Å². The summed E-state index contributed by atoms with van der Waals surface area (Å²) >= 11 is 0. The highest BCUT2D eigenvalue weighted by Crippen LogP contribution is 2.24. The van der Waals surface area contributed by atoms with Gasteiger partial charge in [0.15, 0.2) is 12.6 Å². The molecule has 1 aromatic rings. The minimum Gasteiger partial charge on any atom is -0.356 e. The van der Waals surface area contributed by atoms with Crippen molar-refractivity contribution in [1.29, 1.82) is 0 Å². The molecular formula is C24H40O4. The lowest BCUT2D eigenvalue weighted by Crippen LogP contribution is -2.19. The van der Waals surface area contributed by atoms with E-state index in [-0.39, 0.29) is 12.6 Å². The van der Waals surface area contributed by atoms with E-state index in [9.17, 15) is 0 Å². The van der Waals surface area contributed by atoms with E-state index in [1.54, 1.807) is 14.2 Å². The molecule has 0 spiro atoms. The zero-order chi connectivity index (χ0) is 20.6. The Kier molecular flexibility index (Phi) is 13.9. The summed E-state index contributed by atoms with van der Waals surface area (Å²) in [5.41, 5.74) is 2.64. The van der Waals surface area contributed by atoms with Gasteiger partial charge in [-0.25, -0.2) is 0 Å². The molecular weight excluding hydrogens is 352 g/mol. The third-order valence-corrected chi connectivity index (χ3v) is 4.82. The van der Waals surface area contributed by atoms with Crippen LogP contribution in [0.15, 0.2) is 42.0 Å². The minimum atomic E-state index is -0.0895. The zero-order valence-corrected chi connectivity index (χ0v) is 18.5. The zero-order valence-electron chi connectivity index (χ0n) is 18.5. The largest absolute Gasteiger partial charge is 0.356 e. The molecule has 0 amide bonds. The molecule has 0 saturated heterocycles. The molecule has 0 heterocycles. The van der Waals surface area contributed by atoms with Crippen molar-refractivity contribution in [3.05, 3.63) is 47.5 Å². The maximum atomic E-state index is 6.00.